The Bertz CT molecular complexity index is 382. The van der Waals surface area contributed by atoms with Gasteiger partial charge in [-0.25, -0.2) is 9.97 Å². The van der Waals surface area contributed by atoms with Crippen molar-refractivity contribution in [1.82, 2.24) is 9.97 Å². The van der Waals surface area contributed by atoms with Crippen molar-refractivity contribution in [3.63, 3.8) is 0 Å². The van der Waals surface area contributed by atoms with Gasteiger partial charge in [0, 0.05) is 12.1 Å². The molecule has 2 bridgehead atoms. The lowest BCUT2D eigenvalue weighted by atomic mass is 9.95. The second kappa shape index (κ2) is 4.24. The maximum atomic E-state index is 4.30. The summed E-state index contributed by atoms with van der Waals surface area (Å²) in [4.78, 5) is 8.49. The molecule has 3 nitrogen and oxygen atoms in total. The van der Waals surface area contributed by atoms with Gasteiger partial charge in [-0.15, -0.1) is 11.8 Å². The van der Waals surface area contributed by atoms with Gasteiger partial charge >= 0.3 is 0 Å². The second-order valence-electron chi connectivity index (χ2n) is 4.87. The maximum absolute atomic E-state index is 4.30. The van der Waals surface area contributed by atoms with Gasteiger partial charge in [-0.1, -0.05) is 6.42 Å². The number of nitrogens with one attached hydrogen (secondary N) is 1. The van der Waals surface area contributed by atoms with E-state index in [2.05, 4.69) is 21.4 Å². The van der Waals surface area contributed by atoms with Crippen molar-refractivity contribution >= 4 is 17.6 Å². The average Bonchev–Trinajstić information content (AvgIpc) is 2.91. The first-order chi connectivity index (χ1) is 7.85. The van der Waals surface area contributed by atoms with E-state index in [0.29, 0.717) is 6.04 Å². The lowest BCUT2D eigenvalue weighted by molar-refractivity contribution is 0.439. The van der Waals surface area contributed by atoms with Gasteiger partial charge in [0.2, 0.25) is 0 Å². The molecule has 0 aliphatic heterocycles. The molecule has 1 N–H and O–H groups in total. The van der Waals surface area contributed by atoms with E-state index in [-0.39, 0.29) is 0 Å². The Morgan fingerprint density at radius 1 is 1.31 bits per heavy atom. The Morgan fingerprint density at radius 3 is 2.94 bits per heavy atom. The molecule has 3 rings (SSSR count). The third kappa shape index (κ3) is 1.90. The van der Waals surface area contributed by atoms with E-state index in [0.717, 1.165) is 22.7 Å². The van der Waals surface area contributed by atoms with E-state index in [1.807, 2.05) is 6.26 Å². The molecule has 3 atom stereocenters. The van der Waals surface area contributed by atoms with Gasteiger partial charge in [-0.3, -0.25) is 0 Å². The number of hydrogen-bond acceptors (Lipinski definition) is 4. The van der Waals surface area contributed by atoms with Gasteiger partial charge in [0.15, 0.2) is 0 Å². The zero-order valence-corrected chi connectivity index (χ0v) is 10.3. The third-order valence-corrected chi connectivity index (χ3v) is 4.56. The van der Waals surface area contributed by atoms with Gasteiger partial charge in [0.05, 0.1) is 0 Å². The summed E-state index contributed by atoms with van der Waals surface area (Å²) in [5, 5.41) is 4.62. The minimum atomic E-state index is 0.656. The van der Waals surface area contributed by atoms with Crippen molar-refractivity contribution in [2.45, 2.75) is 36.8 Å². The molecule has 1 aromatic rings. The number of nitrogens with zero attached hydrogens (tertiary/aromatic N) is 2. The van der Waals surface area contributed by atoms with E-state index < -0.39 is 0 Å². The fourth-order valence-electron chi connectivity index (χ4n) is 3.14. The molecule has 0 aromatic carbocycles. The molecular weight excluding hydrogens is 218 g/mol. The monoisotopic (exact) mass is 235 g/mol. The van der Waals surface area contributed by atoms with Crippen molar-refractivity contribution < 1.29 is 0 Å². The zero-order chi connectivity index (χ0) is 11.0. The normalized spacial score (nSPS) is 31.9. The highest BCUT2D eigenvalue weighted by atomic mass is 32.2. The molecule has 1 aromatic heterocycles. The number of rotatable bonds is 3. The molecule has 2 aliphatic rings. The highest BCUT2D eigenvalue weighted by Gasteiger charge is 2.39. The Hall–Kier alpha value is -0.770. The number of thioether (sulfide) groups is 1. The number of hydrogen-bond donors (Lipinski definition) is 1. The van der Waals surface area contributed by atoms with Crippen molar-refractivity contribution in [1.29, 1.82) is 0 Å². The summed E-state index contributed by atoms with van der Waals surface area (Å²) < 4.78 is 0. The van der Waals surface area contributed by atoms with Crippen molar-refractivity contribution in [2.24, 2.45) is 11.8 Å². The molecule has 3 unspecified atom stereocenters. The van der Waals surface area contributed by atoms with Crippen molar-refractivity contribution in [3.05, 3.63) is 12.4 Å². The highest BCUT2D eigenvalue weighted by Crippen LogP contribution is 2.45. The van der Waals surface area contributed by atoms with Gasteiger partial charge in [0.25, 0.3) is 0 Å². The number of anilines is 1. The zero-order valence-electron chi connectivity index (χ0n) is 9.52. The predicted octanol–water partition coefficient (Wildman–Crippen LogP) is 2.80. The van der Waals surface area contributed by atoms with Crippen LogP contribution in [0.25, 0.3) is 0 Å². The summed E-state index contributed by atoms with van der Waals surface area (Å²) in [6.45, 7) is 0. The molecule has 0 radical (unpaired) electrons. The minimum absolute atomic E-state index is 0.656. The average molecular weight is 235 g/mol. The van der Waals surface area contributed by atoms with Crippen LogP contribution in [-0.4, -0.2) is 22.3 Å². The number of aromatic nitrogens is 2. The molecule has 0 spiro atoms. The van der Waals surface area contributed by atoms with Crippen molar-refractivity contribution in [2.75, 3.05) is 11.6 Å². The SMILES string of the molecule is CSc1cc(NC2CC3CCC2C3)ncn1. The molecule has 4 heteroatoms. The Balaban J connectivity index is 1.69. The molecule has 0 saturated heterocycles. The topological polar surface area (TPSA) is 37.8 Å². The molecule has 2 fully saturated rings. The summed E-state index contributed by atoms with van der Waals surface area (Å²) in [6, 6.07) is 2.71. The van der Waals surface area contributed by atoms with Gasteiger partial charge in [0.1, 0.15) is 17.2 Å². The molecule has 1 heterocycles. The fourth-order valence-corrected chi connectivity index (χ4v) is 3.52. The van der Waals surface area contributed by atoms with Crippen LogP contribution in [0.15, 0.2) is 17.4 Å². The standard InChI is InChI=1S/C12H17N3S/c1-16-12-6-11(13-7-14-12)15-10-5-8-2-3-9(10)4-8/h6-10H,2-5H2,1H3,(H,13,14,15). The lowest BCUT2D eigenvalue weighted by Crippen LogP contribution is -2.26. The first kappa shape index (κ1) is 10.4. The molecule has 0 amide bonds. The first-order valence-electron chi connectivity index (χ1n) is 5.97. The summed E-state index contributed by atoms with van der Waals surface area (Å²) in [7, 11) is 0. The Kier molecular flexibility index (Phi) is 2.75. The molecular formula is C12H17N3S. The van der Waals surface area contributed by atoms with Crippen LogP contribution >= 0.6 is 11.8 Å². The third-order valence-electron chi connectivity index (χ3n) is 3.92. The van der Waals surface area contributed by atoms with Gasteiger partial charge < -0.3 is 5.32 Å². The van der Waals surface area contributed by atoms with Crippen LogP contribution in [0.5, 0.6) is 0 Å². The quantitative estimate of drug-likeness (QED) is 0.646. The van der Waals surface area contributed by atoms with Crippen LogP contribution in [0.3, 0.4) is 0 Å². The number of fused-ring (bicyclic) bond motifs is 2. The highest BCUT2D eigenvalue weighted by molar-refractivity contribution is 7.98. The first-order valence-corrected chi connectivity index (χ1v) is 7.20. The second-order valence-corrected chi connectivity index (χ2v) is 5.70. The van der Waals surface area contributed by atoms with Crippen LogP contribution in [0, 0.1) is 11.8 Å². The summed E-state index contributed by atoms with van der Waals surface area (Å²) >= 11 is 1.67. The predicted molar refractivity (Wildman–Crippen MR) is 66.7 cm³/mol. The van der Waals surface area contributed by atoms with E-state index in [1.54, 1.807) is 18.1 Å². The van der Waals surface area contributed by atoms with Crippen LogP contribution in [-0.2, 0) is 0 Å². The van der Waals surface area contributed by atoms with E-state index in [1.165, 1.54) is 25.7 Å². The maximum Gasteiger partial charge on any atom is 0.130 e. The molecule has 86 valence electrons. The Morgan fingerprint density at radius 2 is 2.25 bits per heavy atom. The molecule has 2 saturated carbocycles. The lowest BCUT2D eigenvalue weighted by Gasteiger charge is -2.23. The molecule has 16 heavy (non-hydrogen) atoms. The summed E-state index contributed by atoms with van der Waals surface area (Å²) in [5.41, 5.74) is 0. The minimum Gasteiger partial charge on any atom is -0.367 e. The fraction of sp³-hybridized carbons (Fsp3) is 0.667. The van der Waals surface area contributed by atoms with Crippen LogP contribution in [0.2, 0.25) is 0 Å². The summed E-state index contributed by atoms with van der Waals surface area (Å²) in [6.07, 6.45) is 9.32. The van der Waals surface area contributed by atoms with Gasteiger partial charge in [-0.05, 0) is 37.4 Å². The van der Waals surface area contributed by atoms with Gasteiger partial charge in [-0.2, -0.15) is 0 Å². The van der Waals surface area contributed by atoms with E-state index >= 15 is 0 Å². The molecule has 2 aliphatic carbocycles. The van der Waals surface area contributed by atoms with Crippen LogP contribution in [0.1, 0.15) is 25.7 Å². The summed E-state index contributed by atoms with van der Waals surface area (Å²) in [5.74, 6) is 2.86. The van der Waals surface area contributed by atoms with Crippen LogP contribution in [0.4, 0.5) is 5.82 Å². The smallest absolute Gasteiger partial charge is 0.130 e. The van der Waals surface area contributed by atoms with E-state index in [4.69, 9.17) is 0 Å². The van der Waals surface area contributed by atoms with Crippen LogP contribution < -0.4 is 5.32 Å². The Labute approximate surface area is 100 Å². The van der Waals surface area contributed by atoms with Crippen molar-refractivity contribution in [3.8, 4) is 0 Å². The largest absolute Gasteiger partial charge is 0.367 e. The van der Waals surface area contributed by atoms with E-state index in [9.17, 15) is 0 Å².